The number of rotatable bonds is 8. The second-order valence-corrected chi connectivity index (χ2v) is 5.29. The number of hydrogen-bond acceptors (Lipinski definition) is 4. The maximum atomic E-state index is 11.4. The predicted octanol–water partition coefficient (Wildman–Crippen LogP) is 2.36. The molecule has 1 rings (SSSR count). The highest BCUT2D eigenvalue weighted by Gasteiger charge is 2.13. The van der Waals surface area contributed by atoms with Crippen LogP contribution in [0.1, 0.15) is 26.3 Å². The van der Waals surface area contributed by atoms with Gasteiger partial charge in [0.2, 0.25) is 0 Å². The molecule has 0 saturated heterocycles. The lowest BCUT2D eigenvalue weighted by atomic mass is 10.2. The number of hydrogen-bond donors (Lipinski definition) is 2. The fourth-order valence-corrected chi connectivity index (χ4v) is 2.01. The topological polar surface area (TPSA) is 59.6 Å². The molecule has 5 nitrogen and oxygen atoms in total. The van der Waals surface area contributed by atoms with E-state index in [1.54, 1.807) is 7.11 Å². The Hall–Kier alpha value is -1.46. The molecule has 0 aliphatic rings. The third-order valence-corrected chi connectivity index (χ3v) is 3.01. The Morgan fingerprint density at radius 3 is 2.67 bits per heavy atom. The van der Waals surface area contributed by atoms with E-state index in [0.717, 1.165) is 5.56 Å². The molecule has 0 spiro atoms. The summed E-state index contributed by atoms with van der Waals surface area (Å²) < 4.78 is 10.8. The summed E-state index contributed by atoms with van der Waals surface area (Å²) >= 11 is 6.22. The molecule has 0 unspecified atom stereocenters. The van der Waals surface area contributed by atoms with Crippen molar-refractivity contribution in [2.75, 3.05) is 20.3 Å². The summed E-state index contributed by atoms with van der Waals surface area (Å²) in [5, 5.41) is 6.40. The minimum absolute atomic E-state index is 0.0898. The van der Waals surface area contributed by atoms with Crippen molar-refractivity contribution >= 4 is 17.5 Å². The zero-order valence-corrected chi connectivity index (χ0v) is 13.7. The molecule has 21 heavy (non-hydrogen) atoms. The van der Waals surface area contributed by atoms with Crippen molar-refractivity contribution in [1.29, 1.82) is 0 Å². The zero-order valence-electron chi connectivity index (χ0n) is 13.0. The minimum Gasteiger partial charge on any atom is -0.493 e. The van der Waals surface area contributed by atoms with Crippen LogP contribution in [0.25, 0.3) is 0 Å². The first-order valence-corrected chi connectivity index (χ1v) is 7.35. The van der Waals surface area contributed by atoms with E-state index in [0.29, 0.717) is 35.7 Å². The van der Waals surface area contributed by atoms with Crippen molar-refractivity contribution in [1.82, 2.24) is 10.6 Å². The lowest BCUT2D eigenvalue weighted by Crippen LogP contribution is -2.28. The van der Waals surface area contributed by atoms with Gasteiger partial charge in [0, 0.05) is 19.1 Å². The maximum absolute atomic E-state index is 11.4. The molecule has 0 radical (unpaired) electrons. The standard InChI is InChI=1S/C15H23ClN2O3/c1-5-17-14(19)9-21-15-12(16)6-11(7-13(15)20-4)8-18-10(2)3/h6-7,10,18H,5,8-9H2,1-4H3,(H,17,19). The summed E-state index contributed by atoms with van der Waals surface area (Å²) in [5.74, 6) is 0.715. The van der Waals surface area contributed by atoms with E-state index in [1.165, 1.54) is 0 Å². The molecule has 0 bridgehead atoms. The summed E-state index contributed by atoms with van der Waals surface area (Å²) in [6, 6.07) is 4.05. The first kappa shape index (κ1) is 17.6. The third-order valence-electron chi connectivity index (χ3n) is 2.73. The van der Waals surface area contributed by atoms with E-state index in [4.69, 9.17) is 21.1 Å². The van der Waals surface area contributed by atoms with Gasteiger partial charge in [-0.25, -0.2) is 0 Å². The molecule has 0 saturated carbocycles. The molecule has 0 aromatic heterocycles. The first-order valence-electron chi connectivity index (χ1n) is 6.97. The second-order valence-electron chi connectivity index (χ2n) is 4.89. The molecule has 0 aliphatic carbocycles. The molecular weight excluding hydrogens is 292 g/mol. The number of methoxy groups -OCH3 is 1. The Balaban J connectivity index is 2.82. The largest absolute Gasteiger partial charge is 0.493 e. The van der Waals surface area contributed by atoms with E-state index in [2.05, 4.69) is 24.5 Å². The van der Waals surface area contributed by atoms with Crippen molar-refractivity contribution < 1.29 is 14.3 Å². The summed E-state index contributed by atoms with van der Waals surface area (Å²) in [6.45, 7) is 7.15. The van der Waals surface area contributed by atoms with E-state index >= 15 is 0 Å². The smallest absolute Gasteiger partial charge is 0.257 e. The number of carbonyl (C=O) groups excluding carboxylic acids is 1. The highest BCUT2D eigenvalue weighted by molar-refractivity contribution is 6.32. The maximum Gasteiger partial charge on any atom is 0.257 e. The van der Waals surface area contributed by atoms with Gasteiger partial charge in [-0.05, 0) is 24.6 Å². The Morgan fingerprint density at radius 2 is 2.10 bits per heavy atom. The summed E-state index contributed by atoms with van der Waals surface area (Å²) in [5.41, 5.74) is 0.996. The lowest BCUT2D eigenvalue weighted by Gasteiger charge is -2.15. The van der Waals surface area contributed by atoms with Crippen molar-refractivity contribution in [3.8, 4) is 11.5 Å². The van der Waals surface area contributed by atoms with E-state index < -0.39 is 0 Å². The molecular formula is C15H23ClN2O3. The number of amides is 1. The molecule has 0 atom stereocenters. The van der Waals surface area contributed by atoms with Crippen molar-refractivity contribution in [3.05, 3.63) is 22.7 Å². The molecule has 2 N–H and O–H groups in total. The molecule has 1 aromatic carbocycles. The van der Waals surface area contributed by atoms with Gasteiger partial charge in [0.25, 0.3) is 5.91 Å². The number of likely N-dealkylation sites (N-methyl/N-ethyl adjacent to an activating group) is 1. The van der Waals surface area contributed by atoms with Gasteiger partial charge < -0.3 is 20.1 Å². The van der Waals surface area contributed by atoms with Gasteiger partial charge in [-0.2, -0.15) is 0 Å². The van der Waals surface area contributed by atoms with Gasteiger partial charge >= 0.3 is 0 Å². The summed E-state index contributed by atoms with van der Waals surface area (Å²) in [4.78, 5) is 11.4. The molecule has 6 heteroatoms. The van der Waals surface area contributed by atoms with E-state index in [1.807, 2.05) is 19.1 Å². The van der Waals surface area contributed by atoms with Gasteiger partial charge in [-0.3, -0.25) is 4.79 Å². The minimum atomic E-state index is -0.193. The third kappa shape index (κ3) is 5.81. The van der Waals surface area contributed by atoms with Crippen LogP contribution in [-0.2, 0) is 11.3 Å². The summed E-state index contributed by atoms with van der Waals surface area (Å²) in [6.07, 6.45) is 0. The lowest BCUT2D eigenvalue weighted by molar-refractivity contribution is -0.122. The Labute approximate surface area is 131 Å². The fourth-order valence-electron chi connectivity index (χ4n) is 1.72. The highest BCUT2D eigenvalue weighted by atomic mass is 35.5. The predicted molar refractivity (Wildman–Crippen MR) is 84.2 cm³/mol. The monoisotopic (exact) mass is 314 g/mol. The number of benzene rings is 1. The van der Waals surface area contributed by atoms with Crippen LogP contribution in [0.2, 0.25) is 5.02 Å². The second kappa shape index (κ2) is 8.74. The van der Waals surface area contributed by atoms with E-state index in [-0.39, 0.29) is 12.5 Å². The average Bonchev–Trinajstić information content (AvgIpc) is 2.43. The molecule has 1 aromatic rings. The number of ether oxygens (including phenoxy) is 2. The van der Waals surface area contributed by atoms with Crippen LogP contribution >= 0.6 is 11.6 Å². The Bertz CT molecular complexity index is 478. The van der Waals surface area contributed by atoms with Crippen LogP contribution in [0.4, 0.5) is 0 Å². The zero-order chi connectivity index (χ0) is 15.8. The Kier molecular flexibility index (Phi) is 7.32. The molecule has 1 amide bonds. The van der Waals surface area contributed by atoms with Crippen LogP contribution in [-0.4, -0.2) is 32.2 Å². The number of halogens is 1. The molecule has 118 valence electrons. The van der Waals surface area contributed by atoms with Crippen LogP contribution in [0.3, 0.4) is 0 Å². The number of nitrogens with one attached hydrogen (secondary N) is 2. The SMILES string of the molecule is CCNC(=O)COc1c(Cl)cc(CNC(C)C)cc1OC. The molecule has 0 fully saturated rings. The van der Waals surface area contributed by atoms with Crippen molar-refractivity contribution in [2.45, 2.75) is 33.4 Å². The molecule has 0 aliphatic heterocycles. The van der Waals surface area contributed by atoms with Crippen LogP contribution < -0.4 is 20.1 Å². The van der Waals surface area contributed by atoms with Crippen LogP contribution in [0.5, 0.6) is 11.5 Å². The average molecular weight is 315 g/mol. The Morgan fingerprint density at radius 1 is 1.38 bits per heavy atom. The fraction of sp³-hybridized carbons (Fsp3) is 0.533. The van der Waals surface area contributed by atoms with Gasteiger partial charge in [0.05, 0.1) is 12.1 Å². The van der Waals surface area contributed by atoms with Gasteiger partial charge in [-0.1, -0.05) is 25.4 Å². The number of carbonyl (C=O) groups is 1. The molecule has 0 heterocycles. The van der Waals surface area contributed by atoms with Crippen molar-refractivity contribution in [2.24, 2.45) is 0 Å². The van der Waals surface area contributed by atoms with Gasteiger partial charge in [0.15, 0.2) is 18.1 Å². The summed E-state index contributed by atoms with van der Waals surface area (Å²) in [7, 11) is 1.55. The normalized spacial score (nSPS) is 10.6. The van der Waals surface area contributed by atoms with E-state index in [9.17, 15) is 4.79 Å². The van der Waals surface area contributed by atoms with Crippen LogP contribution in [0.15, 0.2) is 12.1 Å². The quantitative estimate of drug-likeness (QED) is 0.773. The highest BCUT2D eigenvalue weighted by Crippen LogP contribution is 2.36. The van der Waals surface area contributed by atoms with Crippen molar-refractivity contribution in [3.63, 3.8) is 0 Å². The van der Waals surface area contributed by atoms with Gasteiger partial charge in [0.1, 0.15) is 0 Å². The van der Waals surface area contributed by atoms with Crippen LogP contribution in [0, 0.1) is 0 Å². The first-order chi connectivity index (χ1) is 9.97. The van der Waals surface area contributed by atoms with Gasteiger partial charge in [-0.15, -0.1) is 0 Å².